The van der Waals surface area contributed by atoms with Gasteiger partial charge in [-0.2, -0.15) is 0 Å². The van der Waals surface area contributed by atoms with Crippen molar-refractivity contribution in [3.05, 3.63) is 141 Å². The highest BCUT2D eigenvalue weighted by Gasteiger charge is 2.52. The molecule has 0 radical (unpaired) electrons. The number of rotatable bonds is 3. The van der Waals surface area contributed by atoms with Gasteiger partial charge in [0.1, 0.15) is 0 Å². The van der Waals surface area contributed by atoms with Crippen LogP contribution in [-0.4, -0.2) is 0 Å². The van der Waals surface area contributed by atoms with E-state index in [2.05, 4.69) is 126 Å². The maximum Gasteiger partial charge on any atom is 0.0466 e. The predicted molar refractivity (Wildman–Crippen MR) is 136 cm³/mol. The van der Waals surface area contributed by atoms with Crippen molar-refractivity contribution in [1.82, 2.24) is 0 Å². The molecule has 0 bridgehead atoms. The molecule has 0 amide bonds. The number of fused-ring (bicyclic) bond motifs is 1. The molecule has 1 unspecified atom stereocenters. The highest BCUT2D eigenvalue weighted by molar-refractivity contribution is 5.63. The SMILES string of the molecule is Cc1ccc(C2(C)CC(c3ccc(C)cc3)(c3ccc(C)cc3)c3cc(C)ccc32)cc1. The number of aryl methyl sites for hydroxylation is 4. The molecular weight excluding hydrogens is 384 g/mol. The summed E-state index contributed by atoms with van der Waals surface area (Å²) < 4.78 is 0. The maximum absolute atomic E-state index is 2.44. The van der Waals surface area contributed by atoms with Gasteiger partial charge >= 0.3 is 0 Å². The highest BCUT2D eigenvalue weighted by atomic mass is 14.5. The van der Waals surface area contributed by atoms with Crippen LogP contribution < -0.4 is 0 Å². The summed E-state index contributed by atoms with van der Waals surface area (Å²) in [5.74, 6) is 0. The Balaban J connectivity index is 1.84. The van der Waals surface area contributed by atoms with Gasteiger partial charge in [-0.3, -0.25) is 0 Å². The molecule has 0 nitrogen and oxygen atoms in total. The molecule has 0 saturated carbocycles. The number of hydrogen-bond donors (Lipinski definition) is 0. The van der Waals surface area contributed by atoms with Gasteiger partial charge in [-0.25, -0.2) is 0 Å². The minimum atomic E-state index is -0.178. The fourth-order valence-electron chi connectivity index (χ4n) is 5.75. The van der Waals surface area contributed by atoms with Crippen LogP contribution in [0.4, 0.5) is 0 Å². The first-order chi connectivity index (χ1) is 15.3. The summed E-state index contributed by atoms with van der Waals surface area (Å²) in [6, 6.07) is 34.7. The first-order valence-corrected chi connectivity index (χ1v) is 11.7. The van der Waals surface area contributed by atoms with Crippen LogP contribution in [0.2, 0.25) is 0 Å². The van der Waals surface area contributed by atoms with Gasteiger partial charge in [0.25, 0.3) is 0 Å². The normalized spacial score (nSPS) is 19.0. The lowest BCUT2D eigenvalue weighted by Gasteiger charge is -2.35. The lowest BCUT2D eigenvalue weighted by Crippen LogP contribution is -2.30. The summed E-state index contributed by atoms with van der Waals surface area (Å²) in [4.78, 5) is 0. The molecule has 0 aromatic heterocycles. The summed E-state index contributed by atoms with van der Waals surface area (Å²) in [6.07, 6.45) is 1.02. The molecule has 1 aliphatic carbocycles. The van der Waals surface area contributed by atoms with E-state index in [-0.39, 0.29) is 10.8 Å². The third-order valence-electron chi connectivity index (χ3n) is 7.63. The lowest BCUT2D eigenvalue weighted by molar-refractivity contribution is 0.472. The molecule has 4 aromatic rings. The van der Waals surface area contributed by atoms with Crippen LogP contribution in [0.25, 0.3) is 0 Å². The van der Waals surface area contributed by atoms with E-state index in [9.17, 15) is 0 Å². The molecule has 0 heteroatoms. The van der Waals surface area contributed by atoms with Gasteiger partial charge in [0.05, 0.1) is 0 Å². The van der Waals surface area contributed by atoms with E-state index in [4.69, 9.17) is 0 Å². The predicted octanol–water partition coefficient (Wildman–Crippen LogP) is 7.96. The first-order valence-electron chi connectivity index (χ1n) is 11.7. The third-order valence-corrected chi connectivity index (χ3v) is 7.63. The number of hydrogen-bond acceptors (Lipinski definition) is 0. The first kappa shape index (κ1) is 20.8. The molecule has 1 aliphatic rings. The van der Waals surface area contributed by atoms with Gasteiger partial charge < -0.3 is 0 Å². The highest BCUT2D eigenvalue weighted by Crippen LogP contribution is 2.58. The van der Waals surface area contributed by atoms with E-state index in [0.717, 1.165) is 6.42 Å². The Morgan fingerprint density at radius 2 is 0.875 bits per heavy atom. The zero-order valence-corrected chi connectivity index (χ0v) is 19.9. The molecule has 5 rings (SSSR count). The van der Waals surface area contributed by atoms with E-state index in [1.165, 1.54) is 50.1 Å². The molecule has 32 heavy (non-hydrogen) atoms. The van der Waals surface area contributed by atoms with E-state index >= 15 is 0 Å². The van der Waals surface area contributed by atoms with Gasteiger partial charge in [-0.1, -0.05) is 120 Å². The van der Waals surface area contributed by atoms with Crippen LogP contribution in [0.3, 0.4) is 0 Å². The largest absolute Gasteiger partial charge is 0.0590 e. The molecule has 160 valence electrons. The van der Waals surface area contributed by atoms with Crippen molar-refractivity contribution in [3.63, 3.8) is 0 Å². The molecule has 1 atom stereocenters. The summed E-state index contributed by atoms with van der Waals surface area (Å²) in [6.45, 7) is 11.2. The van der Waals surface area contributed by atoms with Crippen molar-refractivity contribution in [2.75, 3.05) is 0 Å². The van der Waals surface area contributed by atoms with Crippen LogP contribution in [0, 0.1) is 27.7 Å². The third kappa shape index (κ3) is 3.13. The maximum atomic E-state index is 2.44. The molecule has 4 aromatic carbocycles. The zero-order valence-electron chi connectivity index (χ0n) is 19.9. The van der Waals surface area contributed by atoms with Gasteiger partial charge in [0.2, 0.25) is 0 Å². The van der Waals surface area contributed by atoms with Crippen LogP contribution >= 0.6 is 0 Å². The Kier molecular flexibility index (Phi) is 4.86. The van der Waals surface area contributed by atoms with Gasteiger partial charge in [-0.15, -0.1) is 0 Å². The summed E-state index contributed by atoms with van der Waals surface area (Å²) >= 11 is 0. The summed E-state index contributed by atoms with van der Waals surface area (Å²) in [5, 5.41) is 0. The zero-order chi connectivity index (χ0) is 22.5. The molecule has 0 aliphatic heterocycles. The second-order valence-electron chi connectivity index (χ2n) is 10.1. The lowest BCUT2D eigenvalue weighted by atomic mass is 9.67. The summed E-state index contributed by atoms with van der Waals surface area (Å²) in [7, 11) is 0. The average molecular weight is 417 g/mol. The van der Waals surface area contributed by atoms with Crippen LogP contribution in [0.5, 0.6) is 0 Å². The van der Waals surface area contributed by atoms with Crippen molar-refractivity contribution >= 4 is 0 Å². The molecule has 0 saturated heterocycles. The standard InChI is InChI=1S/C32H32/c1-22-6-13-26(14-7-22)31(5)21-32(27-15-8-23(2)9-16-27,28-17-10-24(3)11-18-28)30-20-25(4)12-19-29(30)31/h6-20H,21H2,1-5H3. The molecule has 0 fully saturated rings. The van der Waals surface area contributed by atoms with Crippen LogP contribution in [0.15, 0.2) is 91.0 Å². The minimum absolute atomic E-state index is 0.0630. The van der Waals surface area contributed by atoms with E-state index < -0.39 is 0 Å². The second kappa shape index (κ2) is 7.48. The summed E-state index contributed by atoms with van der Waals surface area (Å²) in [5.41, 5.74) is 12.1. The van der Waals surface area contributed by atoms with Crippen LogP contribution in [0.1, 0.15) is 63.4 Å². The quantitative estimate of drug-likeness (QED) is 0.318. The van der Waals surface area contributed by atoms with Crippen molar-refractivity contribution in [2.45, 2.75) is 51.9 Å². The van der Waals surface area contributed by atoms with Crippen molar-refractivity contribution < 1.29 is 0 Å². The Hall–Kier alpha value is -3.12. The van der Waals surface area contributed by atoms with Crippen molar-refractivity contribution in [1.29, 1.82) is 0 Å². The topological polar surface area (TPSA) is 0 Å². The fourth-order valence-corrected chi connectivity index (χ4v) is 5.75. The smallest absolute Gasteiger partial charge is 0.0466 e. The van der Waals surface area contributed by atoms with E-state index in [1.54, 1.807) is 0 Å². The molecule has 0 N–H and O–H groups in total. The van der Waals surface area contributed by atoms with Gasteiger partial charge in [-0.05, 0) is 61.9 Å². The molecule has 0 spiro atoms. The van der Waals surface area contributed by atoms with Crippen molar-refractivity contribution in [3.8, 4) is 0 Å². The second-order valence-corrected chi connectivity index (χ2v) is 10.1. The molecule has 0 heterocycles. The fraction of sp³-hybridized carbons (Fsp3) is 0.250. The Labute approximate surface area is 193 Å². The average Bonchev–Trinajstić information content (AvgIpc) is 3.05. The molecular formula is C32H32. The Bertz CT molecular complexity index is 1210. The number of benzene rings is 4. The Morgan fingerprint density at radius 1 is 0.469 bits per heavy atom. The van der Waals surface area contributed by atoms with E-state index in [1.807, 2.05) is 0 Å². The van der Waals surface area contributed by atoms with Gasteiger partial charge in [0.15, 0.2) is 0 Å². The van der Waals surface area contributed by atoms with E-state index in [0.29, 0.717) is 0 Å². The Morgan fingerprint density at radius 3 is 1.34 bits per heavy atom. The van der Waals surface area contributed by atoms with Crippen LogP contribution in [-0.2, 0) is 10.8 Å². The minimum Gasteiger partial charge on any atom is -0.0590 e. The van der Waals surface area contributed by atoms with Gasteiger partial charge in [0, 0.05) is 10.8 Å². The van der Waals surface area contributed by atoms with Crippen molar-refractivity contribution in [2.24, 2.45) is 0 Å². The monoisotopic (exact) mass is 416 g/mol.